The number of nitrogens with two attached hydrogens (primary N) is 1. The van der Waals surface area contributed by atoms with E-state index in [0.29, 0.717) is 10.9 Å². The Morgan fingerprint density at radius 3 is 1.84 bits per heavy atom. The molecule has 0 spiro atoms. The first-order valence-electron chi connectivity index (χ1n) is 7.55. The van der Waals surface area contributed by atoms with Crippen LogP contribution < -0.4 is 16.7 Å². The van der Waals surface area contributed by atoms with Crippen molar-refractivity contribution in [2.24, 2.45) is 5.73 Å². The van der Waals surface area contributed by atoms with Crippen molar-refractivity contribution < 1.29 is 28.1 Å². The summed E-state index contributed by atoms with van der Waals surface area (Å²) in [6.07, 6.45) is -0.345. The smallest absolute Gasteiger partial charge is 0.429 e. The third kappa shape index (κ3) is 5.39. The van der Waals surface area contributed by atoms with Crippen LogP contribution in [0.5, 0.6) is 0 Å². The van der Waals surface area contributed by atoms with Crippen molar-refractivity contribution in [1.29, 1.82) is 0 Å². The van der Waals surface area contributed by atoms with Crippen LogP contribution in [0.3, 0.4) is 0 Å². The second-order valence-corrected chi connectivity index (χ2v) is 5.46. The van der Waals surface area contributed by atoms with Crippen LogP contribution in [-0.2, 0) is 14.2 Å². The second-order valence-electron chi connectivity index (χ2n) is 5.46. The summed E-state index contributed by atoms with van der Waals surface area (Å²) in [7, 11) is 0. The van der Waals surface area contributed by atoms with Crippen molar-refractivity contribution in [3.8, 4) is 0 Å². The number of benzene rings is 2. The minimum Gasteiger partial charge on any atom is -0.525 e. The minimum absolute atomic E-state index is 0.0757. The zero-order valence-corrected chi connectivity index (χ0v) is 13.2. The molecule has 0 fully saturated rings. The van der Waals surface area contributed by atoms with E-state index in [0.717, 1.165) is 0 Å². The molecule has 0 unspecified atom stereocenters. The molecule has 1 atom stereocenters. The molecule has 0 aliphatic rings. The van der Waals surface area contributed by atoms with Crippen LogP contribution in [-0.4, -0.2) is 30.0 Å². The number of hydrogen-bond acceptors (Lipinski definition) is 4. The second kappa shape index (κ2) is 8.39. The van der Waals surface area contributed by atoms with Crippen molar-refractivity contribution in [2.75, 3.05) is 0 Å². The van der Waals surface area contributed by atoms with Crippen LogP contribution in [0.2, 0.25) is 0 Å². The van der Waals surface area contributed by atoms with Gasteiger partial charge in [0.15, 0.2) is 0 Å². The quantitative estimate of drug-likeness (QED) is 0.724. The molecule has 0 heterocycles. The summed E-state index contributed by atoms with van der Waals surface area (Å²) < 4.78 is 31.7. The summed E-state index contributed by atoms with van der Waals surface area (Å²) in [5.74, 6) is -2.77. The minimum atomic E-state index is -1.11. The lowest BCUT2D eigenvalue weighted by atomic mass is 9.55. The maximum Gasteiger partial charge on any atom is 0.429 e. The lowest BCUT2D eigenvalue weighted by molar-refractivity contribution is -0.138. The van der Waals surface area contributed by atoms with Crippen molar-refractivity contribution in [2.45, 2.75) is 18.9 Å². The molecule has 0 radical (unpaired) electrons. The van der Waals surface area contributed by atoms with E-state index in [2.05, 4.69) is 0 Å². The molecule has 0 aromatic heterocycles. The average Bonchev–Trinajstić information content (AvgIpc) is 2.59. The molecule has 3 N–H and O–H groups in total. The topological polar surface area (TPSA) is 89.6 Å². The number of carboxylic acids is 1. The molecule has 0 aliphatic carbocycles. The lowest BCUT2D eigenvalue weighted by Crippen LogP contribution is -2.49. The van der Waals surface area contributed by atoms with E-state index in [1.54, 1.807) is 0 Å². The monoisotopic (exact) mass is 347 g/mol. The van der Waals surface area contributed by atoms with E-state index in [-0.39, 0.29) is 12.8 Å². The van der Waals surface area contributed by atoms with Gasteiger partial charge in [0.05, 0.1) is 0 Å². The first kappa shape index (κ1) is 18.6. The Kier molecular flexibility index (Phi) is 6.24. The molecule has 2 rings (SSSR count). The molecule has 130 valence electrons. The predicted molar refractivity (Wildman–Crippen MR) is 88.8 cm³/mol. The molecule has 2 aromatic carbocycles. The van der Waals surface area contributed by atoms with Gasteiger partial charge in [-0.25, -0.2) is 8.78 Å². The van der Waals surface area contributed by atoms with Gasteiger partial charge in [0.25, 0.3) is 0 Å². The first-order chi connectivity index (χ1) is 11.9. The maximum absolute atomic E-state index is 13.1. The number of carbonyl (C=O) groups is 2. The number of rotatable bonds is 7. The third-order valence-corrected chi connectivity index (χ3v) is 3.55. The van der Waals surface area contributed by atoms with E-state index in [4.69, 9.17) is 15.5 Å². The third-order valence-electron chi connectivity index (χ3n) is 3.55. The Balaban J connectivity index is 2.22. The summed E-state index contributed by atoms with van der Waals surface area (Å²) in [6.45, 7) is -0.912. The van der Waals surface area contributed by atoms with E-state index in [1.165, 1.54) is 48.5 Å². The van der Waals surface area contributed by atoms with Gasteiger partial charge < -0.3 is 15.5 Å². The van der Waals surface area contributed by atoms with E-state index in [9.17, 15) is 18.4 Å². The van der Waals surface area contributed by atoms with Crippen molar-refractivity contribution >= 4 is 29.8 Å². The lowest BCUT2D eigenvalue weighted by Gasteiger charge is -2.18. The van der Waals surface area contributed by atoms with Gasteiger partial charge in [-0.15, -0.1) is 0 Å². The van der Waals surface area contributed by atoms with Crippen molar-refractivity contribution in [3.63, 3.8) is 0 Å². The average molecular weight is 347 g/mol. The molecular formula is C17H16BF2NO4. The normalized spacial score (nSPS) is 11.6. The standard InChI is InChI=1S/C17H16BF2NO4/c19-13-5-1-11(2-6-13)18(12-3-7-14(20)8-4-12)25-17(24)15(21)9-10-16(22)23/h1-8,15H,9-10,21H2,(H,22,23)/t15-/m0/s1. The zero-order valence-electron chi connectivity index (χ0n) is 13.2. The highest BCUT2D eigenvalue weighted by molar-refractivity contribution is 6.81. The number of halogens is 2. The van der Waals surface area contributed by atoms with Gasteiger partial charge in [-0.05, 0) is 41.6 Å². The van der Waals surface area contributed by atoms with Crippen molar-refractivity contribution in [3.05, 3.63) is 60.2 Å². The number of aliphatic carboxylic acids is 1. The number of hydrogen-bond donors (Lipinski definition) is 2. The highest BCUT2D eigenvalue weighted by Crippen LogP contribution is 2.03. The molecule has 0 saturated heterocycles. The first-order valence-corrected chi connectivity index (χ1v) is 7.55. The summed E-state index contributed by atoms with van der Waals surface area (Å²) in [4.78, 5) is 22.7. The van der Waals surface area contributed by atoms with Crippen LogP contribution in [0.1, 0.15) is 12.8 Å². The summed E-state index contributed by atoms with van der Waals surface area (Å²) >= 11 is 0. The van der Waals surface area contributed by atoms with Crippen molar-refractivity contribution in [1.82, 2.24) is 0 Å². The number of carbonyl (C=O) groups excluding carboxylic acids is 1. The van der Waals surface area contributed by atoms with Crippen LogP contribution in [0.15, 0.2) is 48.5 Å². The SMILES string of the molecule is N[C@@H](CCC(=O)O)C(=O)OB(c1ccc(F)cc1)c1ccc(F)cc1. The van der Waals surface area contributed by atoms with E-state index >= 15 is 0 Å². The fourth-order valence-corrected chi connectivity index (χ4v) is 2.20. The van der Waals surface area contributed by atoms with Crippen LogP contribution in [0, 0.1) is 11.6 Å². The summed E-state index contributed by atoms with van der Waals surface area (Å²) in [5, 5.41) is 8.66. The largest absolute Gasteiger partial charge is 0.525 e. The Hall–Kier alpha value is -2.74. The Morgan fingerprint density at radius 2 is 1.44 bits per heavy atom. The fraction of sp³-hybridized carbons (Fsp3) is 0.176. The molecular weight excluding hydrogens is 331 g/mol. The molecule has 0 saturated carbocycles. The Morgan fingerprint density at radius 1 is 1.00 bits per heavy atom. The molecule has 0 amide bonds. The molecule has 0 aliphatic heterocycles. The molecule has 8 heteroatoms. The van der Waals surface area contributed by atoms with Gasteiger partial charge in [0.1, 0.15) is 17.7 Å². The highest BCUT2D eigenvalue weighted by atomic mass is 19.1. The molecule has 2 aromatic rings. The summed E-state index contributed by atoms with van der Waals surface area (Å²) in [6, 6.07) is 9.51. The molecule has 25 heavy (non-hydrogen) atoms. The zero-order chi connectivity index (χ0) is 18.4. The van der Waals surface area contributed by atoms with Crippen LogP contribution >= 0.6 is 0 Å². The van der Waals surface area contributed by atoms with Gasteiger partial charge in [-0.2, -0.15) is 0 Å². The van der Waals surface area contributed by atoms with Gasteiger partial charge in [-0.3, -0.25) is 9.59 Å². The molecule has 0 bridgehead atoms. The fourth-order valence-electron chi connectivity index (χ4n) is 2.20. The number of carboxylic acid groups (broad SMARTS) is 1. The molecule has 5 nitrogen and oxygen atoms in total. The predicted octanol–water partition coefficient (Wildman–Crippen LogP) is 0.806. The maximum atomic E-state index is 13.1. The van der Waals surface area contributed by atoms with Gasteiger partial charge >= 0.3 is 18.9 Å². The van der Waals surface area contributed by atoms with Gasteiger partial charge in [0, 0.05) is 6.42 Å². The van der Waals surface area contributed by atoms with Crippen LogP contribution in [0.4, 0.5) is 8.78 Å². The van der Waals surface area contributed by atoms with Gasteiger partial charge in [0.2, 0.25) is 0 Å². The highest BCUT2D eigenvalue weighted by Gasteiger charge is 2.28. The Bertz CT molecular complexity index is 692. The van der Waals surface area contributed by atoms with E-state index < -0.39 is 36.5 Å². The van der Waals surface area contributed by atoms with Crippen LogP contribution in [0.25, 0.3) is 0 Å². The Labute approximate surface area is 143 Å². The van der Waals surface area contributed by atoms with E-state index in [1.807, 2.05) is 0 Å². The van der Waals surface area contributed by atoms with Gasteiger partial charge in [-0.1, -0.05) is 24.3 Å². The summed E-state index contributed by atoms with van der Waals surface area (Å²) in [5.41, 5.74) is 6.62.